The summed E-state index contributed by atoms with van der Waals surface area (Å²) in [6.07, 6.45) is 10.5. The predicted molar refractivity (Wildman–Crippen MR) is 99.5 cm³/mol. The van der Waals surface area contributed by atoms with Gasteiger partial charge in [-0.3, -0.25) is 4.79 Å². The van der Waals surface area contributed by atoms with Gasteiger partial charge in [0.15, 0.2) is 0 Å². The third-order valence-electron chi connectivity index (χ3n) is 6.22. The molecular formula is C20H25N5O. The quantitative estimate of drug-likeness (QED) is 0.845. The van der Waals surface area contributed by atoms with Crippen LogP contribution in [0.2, 0.25) is 0 Å². The third-order valence-corrected chi connectivity index (χ3v) is 6.22. The molecule has 0 bridgehead atoms. The second kappa shape index (κ2) is 6.49. The Labute approximate surface area is 153 Å². The van der Waals surface area contributed by atoms with Crippen LogP contribution in [0.4, 0.5) is 5.82 Å². The molecular weight excluding hydrogens is 326 g/mol. The number of fused-ring (bicyclic) bond motifs is 2. The third kappa shape index (κ3) is 2.81. The minimum absolute atomic E-state index is 0.0710. The number of aryl methyl sites for hydroxylation is 3. The zero-order valence-corrected chi connectivity index (χ0v) is 15.2. The van der Waals surface area contributed by atoms with E-state index in [1.54, 1.807) is 11.0 Å². The van der Waals surface area contributed by atoms with Crippen LogP contribution in [-0.4, -0.2) is 32.8 Å². The molecule has 136 valence electrons. The van der Waals surface area contributed by atoms with E-state index in [0.29, 0.717) is 5.92 Å². The fraction of sp³-hybridized carbons (Fsp3) is 0.600. The van der Waals surface area contributed by atoms with Gasteiger partial charge in [0, 0.05) is 37.0 Å². The Morgan fingerprint density at radius 1 is 1.00 bits per heavy atom. The minimum Gasteiger partial charge on any atom is -0.356 e. The molecule has 1 saturated heterocycles. The van der Waals surface area contributed by atoms with Gasteiger partial charge in [0.2, 0.25) is 0 Å². The summed E-state index contributed by atoms with van der Waals surface area (Å²) in [5.41, 5.74) is 4.98. The van der Waals surface area contributed by atoms with E-state index in [0.717, 1.165) is 76.1 Å². The Bertz CT molecular complexity index is 882. The van der Waals surface area contributed by atoms with Gasteiger partial charge in [-0.25, -0.2) is 14.6 Å². The van der Waals surface area contributed by atoms with Crippen LogP contribution >= 0.6 is 0 Å². The first-order valence-electron chi connectivity index (χ1n) is 9.95. The average molecular weight is 351 g/mol. The number of piperidine rings is 1. The lowest BCUT2D eigenvalue weighted by molar-refractivity contribution is 0.333. The van der Waals surface area contributed by atoms with E-state index in [2.05, 4.69) is 20.0 Å². The van der Waals surface area contributed by atoms with Crippen LogP contribution in [0.5, 0.6) is 0 Å². The molecule has 0 N–H and O–H groups in total. The Balaban J connectivity index is 1.27. The van der Waals surface area contributed by atoms with Gasteiger partial charge >= 0.3 is 0 Å². The monoisotopic (exact) mass is 351 g/mol. The highest BCUT2D eigenvalue weighted by atomic mass is 16.1. The number of hydrogen-bond donors (Lipinski definition) is 0. The zero-order valence-electron chi connectivity index (χ0n) is 15.2. The molecule has 0 atom stereocenters. The number of anilines is 1. The second-order valence-corrected chi connectivity index (χ2v) is 7.90. The summed E-state index contributed by atoms with van der Waals surface area (Å²) in [7, 11) is 0. The van der Waals surface area contributed by atoms with Crippen LogP contribution in [0.25, 0.3) is 0 Å². The molecule has 0 saturated carbocycles. The number of aromatic nitrogens is 4. The molecule has 0 aromatic carbocycles. The minimum atomic E-state index is 0.0710. The molecule has 3 aliphatic rings. The lowest BCUT2D eigenvalue weighted by Crippen LogP contribution is -2.38. The van der Waals surface area contributed by atoms with Crippen LogP contribution in [0.3, 0.4) is 0 Å². The first-order chi connectivity index (χ1) is 12.8. The molecule has 0 unspecified atom stereocenters. The molecule has 2 aromatic heterocycles. The number of hydrogen-bond acceptors (Lipinski definition) is 5. The maximum Gasteiger partial charge on any atom is 0.267 e. The summed E-state index contributed by atoms with van der Waals surface area (Å²) in [5.74, 6) is 1.67. The van der Waals surface area contributed by atoms with Crippen LogP contribution in [0, 0.1) is 5.92 Å². The van der Waals surface area contributed by atoms with Gasteiger partial charge in [0.25, 0.3) is 5.56 Å². The Morgan fingerprint density at radius 2 is 1.81 bits per heavy atom. The van der Waals surface area contributed by atoms with Crippen molar-refractivity contribution in [3.8, 4) is 0 Å². The molecule has 0 radical (unpaired) electrons. The second-order valence-electron chi connectivity index (χ2n) is 7.90. The van der Waals surface area contributed by atoms with Crippen molar-refractivity contribution in [2.45, 2.75) is 57.9 Å². The SMILES string of the molecule is O=c1cc2c(nn1CC1CCN(c3ncnc4c3CCC4)CC1)CCC2. The lowest BCUT2D eigenvalue weighted by atomic mass is 9.96. The summed E-state index contributed by atoms with van der Waals surface area (Å²) in [6, 6.07) is 1.81. The van der Waals surface area contributed by atoms with Crippen molar-refractivity contribution >= 4 is 5.82 Å². The smallest absolute Gasteiger partial charge is 0.267 e. The lowest BCUT2D eigenvalue weighted by Gasteiger charge is -2.33. The van der Waals surface area contributed by atoms with Crippen molar-refractivity contribution in [2.75, 3.05) is 18.0 Å². The normalized spacial score (nSPS) is 19.6. The van der Waals surface area contributed by atoms with Crippen molar-refractivity contribution in [2.24, 2.45) is 5.92 Å². The van der Waals surface area contributed by atoms with E-state index < -0.39 is 0 Å². The van der Waals surface area contributed by atoms with Crippen LogP contribution in [0.1, 0.15) is 48.2 Å². The molecule has 2 aromatic rings. The van der Waals surface area contributed by atoms with Crippen molar-refractivity contribution in [1.29, 1.82) is 0 Å². The van der Waals surface area contributed by atoms with E-state index in [4.69, 9.17) is 0 Å². The van der Waals surface area contributed by atoms with Crippen LogP contribution in [0.15, 0.2) is 17.2 Å². The summed E-state index contributed by atoms with van der Waals surface area (Å²) < 4.78 is 1.72. The highest BCUT2D eigenvalue weighted by Crippen LogP contribution is 2.30. The van der Waals surface area contributed by atoms with E-state index in [1.807, 2.05) is 6.07 Å². The topological polar surface area (TPSA) is 63.9 Å². The maximum atomic E-state index is 12.3. The molecule has 2 aliphatic carbocycles. The molecule has 6 nitrogen and oxygen atoms in total. The summed E-state index contributed by atoms with van der Waals surface area (Å²) >= 11 is 0. The van der Waals surface area contributed by atoms with E-state index in [1.165, 1.54) is 23.2 Å². The largest absolute Gasteiger partial charge is 0.356 e. The number of rotatable bonds is 3. The highest BCUT2D eigenvalue weighted by molar-refractivity contribution is 5.50. The standard InChI is InChI=1S/C20H25N5O/c26-19-11-15-3-1-5-17(15)23-25(19)12-14-7-9-24(10-8-14)20-16-4-2-6-18(16)21-13-22-20/h11,13-14H,1-10,12H2. The molecule has 5 rings (SSSR count). The fourth-order valence-electron chi connectivity index (χ4n) is 4.76. The molecule has 0 spiro atoms. The van der Waals surface area contributed by atoms with Gasteiger partial charge < -0.3 is 4.90 Å². The molecule has 1 aliphatic heterocycles. The highest BCUT2D eigenvalue weighted by Gasteiger charge is 2.26. The Kier molecular flexibility index (Phi) is 3.98. The van der Waals surface area contributed by atoms with E-state index >= 15 is 0 Å². The average Bonchev–Trinajstić information content (AvgIpc) is 3.31. The van der Waals surface area contributed by atoms with Crippen molar-refractivity contribution in [1.82, 2.24) is 19.7 Å². The van der Waals surface area contributed by atoms with Gasteiger partial charge in [-0.1, -0.05) is 0 Å². The van der Waals surface area contributed by atoms with Gasteiger partial charge in [0.05, 0.1) is 5.69 Å². The maximum absolute atomic E-state index is 12.3. The van der Waals surface area contributed by atoms with Gasteiger partial charge in [-0.05, 0) is 62.8 Å². The van der Waals surface area contributed by atoms with Gasteiger partial charge in [-0.2, -0.15) is 5.10 Å². The van der Waals surface area contributed by atoms with Crippen molar-refractivity contribution in [3.63, 3.8) is 0 Å². The summed E-state index contributed by atoms with van der Waals surface area (Å²) in [5, 5.41) is 4.64. The Hall–Kier alpha value is -2.24. The van der Waals surface area contributed by atoms with E-state index in [-0.39, 0.29) is 5.56 Å². The molecule has 3 heterocycles. The number of nitrogens with zero attached hydrogens (tertiary/aromatic N) is 5. The van der Waals surface area contributed by atoms with Crippen molar-refractivity contribution in [3.05, 3.63) is 45.3 Å². The first-order valence-corrected chi connectivity index (χ1v) is 9.95. The molecule has 0 amide bonds. The zero-order chi connectivity index (χ0) is 17.5. The summed E-state index contributed by atoms with van der Waals surface area (Å²) in [4.78, 5) is 23.8. The first kappa shape index (κ1) is 16.0. The molecule has 6 heteroatoms. The Morgan fingerprint density at radius 3 is 2.69 bits per heavy atom. The molecule has 26 heavy (non-hydrogen) atoms. The van der Waals surface area contributed by atoms with Gasteiger partial charge in [-0.15, -0.1) is 0 Å². The fourth-order valence-corrected chi connectivity index (χ4v) is 4.76. The van der Waals surface area contributed by atoms with Crippen molar-refractivity contribution < 1.29 is 0 Å². The predicted octanol–water partition coefficient (Wildman–Crippen LogP) is 1.93. The van der Waals surface area contributed by atoms with E-state index in [9.17, 15) is 4.79 Å². The van der Waals surface area contributed by atoms with Gasteiger partial charge in [0.1, 0.15) is 12.1 Å². The summed E-state index contributed by atoms with van der Waals surface area (Å²) in [6.45, 7) is 2.77. The van der Waals surface area contributed by atoms with Crippen LogP contribution < -0.4 is 10.5 Å². The van der Waals surface area contributed by atoms with Crippen LogP contribution in [-0.2, 0) is 32.2 Å². The molecule has 1 fully saturated rings.